The Bertz CT molecular complexity index is 774. The van der Waals surface area contributed by atoms with Gasteiger partial charge in [-0.25, -0.2) is 18.4 Å². The van der Waals surface area contributed by atoms with E-state index in [-0.39, 0.29) is 23.7 Å². The van der Waals surface area contributed by atoms with Crippen molar-refractivity contribution in [2.24, 2.45) is 11.8 Å². The predicted octanol–water partition coefficient (Wildman–Crippen LogP) is 4.71. The summed E-state index contributed by atoms with van der Waals surface area (Å²) >= 11 is 0. The molecule has 30 heavy (non-hydrogen) atoms. The fourth-order valence-electron chi connectivity index (χ4n) is 3.66. The average molecular weight is 416 g/mol. The van der Waals surface area contributed by atoms with Gasteiger partial charge < -0.3 is 21.3 Å². The largest absolute Gasteiger partial charge is 0.338 e. The molecule has 1 fully saturated rings. The van der Waals surface area contributed by atoms with E-state index in [1.54, 1.807) is 0 Å². The molecule has 0 heterocycles. The van der Waals surface area contributed by atoms with Crippen molar-refractivity contribution in [3.05, 3.63) is 60.2 Å². The summed E-state index contributed by atoms with van der Waals surface area (Å²) in [6.07, 6.45) is 4.00. The highest BCUT2D eigenvalue weighted by Crippen LogP contribution is 2.28. The molecule has 2 aromatic carbocycles. The Balaban J connectivity index is 1.36. The summed E-state index contributed by atoms with van der Waals surface area (Å²) in [5.41, 5.74) is 1.07. The predicted molar refractivity (Wildman–Crippen MR) is 112 cm³/mol. The first-order chi connectivity index (χ1) is 14.5. The lowest BCUT2D eigenvalue weighted by atomic mass is 9.81. The molecule has 1 aliphatic rings. The molecule has 8 heteroatoms. The molecule has 2 unspecified atom stereocenters. The van der Waals surface area contributed by atoms with Crippen molar-refractivity contribution < 1.29 is 18.4 Å². The number of urea groups is 2. The Hall–Kier alpha value is -3.16. The van der Waals surface area contributed by atoms with Crippen LogP contribution >= 0.6 is 0 Å². The minimum atomic E-state index is -0.353. The number of nitrogens with one attached hydrogen (secondary N) is 4. The second-order valence-electron chi connectivity index (χ2n) is 7.58. The molecule has 0 spiro atoms. The SMILES string of the molecule is O=C(NCC1CCCC(CNC(=O)Nc2ccc(F)cc2)C1)Nc1ccc(F)cc1. The second kappa shape index (κ2) is 10.6. The Morgan fingerprint density at radius 1 is 0.733 bits per heavy atom. The quantitative estimate of drug-likeness (QED) is 0.550. The summed E-state index contributed by atoms with van der Waals surface area (Å²) in [6.45, 7) is 1.09. The van der Waals surface area contributed by atoms with Gasteiger partial charge in [-0.1, -0.05) is 6.42 Å². The van der Waals surface area contributed by atoms with Crippen molar-refractivity contribution in [3.63, 3.8) is 0 Å². The summed E-state index contributed by atoms with van der Waals surface area (Å²) in [5, 5.41) is 11.1. The monoisotopic (exact) mass is 416 g/mol. The first kappa shape index (κ1) is 21.5. The van der Waals surface area contributed by atoms with Crippen LogP contribution in [0.4, 0.5) is 29.7 Å². The summed E-state index contributed by atoms with van der Waals surface area (Å²) in [4.78, 5) is 24.1. The van der Waals surface area contributed by atoms with Crippen molar-refractivity contribution in [1.29, 1.82) is 0 Å². The van der Waals surface area contributed by atoms with E-state index < -0.39 is 0 Å². The first-order valence-electron chi connectivity index (χ1n) is 10.1. The van der Waals surface area contributed by atoms with Gasteiger partial charge in [-0.15, -0.1) is 0 Å². The molecular formula is C22H26F2N4O2. The molecule has 2 atom stereocenters. The number of amides is 4. The van der Waals surface area contributed by atoms with Gasteiger partial charge in [-0.3, -0.25) is 0 Å². The van der Waals surface area contributed by atoms with Crippen LogP contribution in [0.15, 0.2) is 48.5 Å². The highest BCUT2D eigenvalue weighted by Gasteiger charge is 2.23. The summed E-state index contributed by atoms with van der Waals surface area (Å²) in [6, 6.07) is 10.6. The maximum absolute atomic E-state index is 12.9. The number of rotatable bonds is 6. The van der Waals surface area contributed by atoms with E-state index in [4.69, 9.17) is 0 Å². The van der Waals surface area contributed by atoms with Gasteiger partial charge in [0.1, 0.15) is 11.6 Å². The van der Waals surface area contributed by atoms with Gasteiger partial charge in [-0.2, -0.15) is 0 Å². The van der Waals surface area contributed by atoms with Gasteiger partial charge in [0.2, 0.25) is 0 Å². The first-order valence-corrected chi connectivity index (χ1v) is 10.1. The van der Waals surface area contributed by atoms with E-state index in [1.165, 1.54) is 48.5 Å². The number of anilines is 2. The van der Waals surface area contributed by atoms with Gasteiger partial charge in [0.05, 0.1) is 0 Å². The molecule has 0 saturated heterocycles. The van der Waals surface area contributed by atoms with Crippen molar-refractivity contribution in [2.75, 3.05) is 23.7 Å². The minimum absolute atomic E-state index is 0.319. The van der Waals surface area contributed by atoms with Crippen LogP contribution in [-0.4, -0.2) is 25.2 Å². The maximum atomic E-state index is 12.9. The number of hydrogen-bond donors (Lipinski definition) is 4. The van der Waals surface area contributed by atoms with Gasteiger partial charge in [-0.05, 0) is 79.6 Å². The van der Waals surface area contributed by atoms with E-state index in [2.05, 4.69) is 21.3 Å². The summed E-state index contributed by atoms with van der Waals surface area (Å²) in [7, 11) is 0. The third kappa shape index (κ3) is 7.02. The van der Waals surface area contributed by atoms with E-state index in [0.29, 0.717) is 36.3 Å². The molecule has 1 saturated carbocycles. The van der Waals surface area contributed by atoms with Crippen LogP contribution in [0.25, 0.3) is 0 Å². The zero-order chi connectivity index (χ0) is 21.3. The number of halogens is 2. The Morgan fingerprint density at radius 3 is 1.53 bits per heavy atom. The van der Waals surface area contributed by atoms with Crippen molar-refractivity contribution >= 4 is 23.4 Å². The lowest BCUT2D eigenvalue weighted by Gasteiger charge is -2.29. The molecule has 4 N–H and O–H groups in total. The second-order valence-corrected chi connectivity index (χ2v) is 7.58. The molecular weight excluding hydrogens is 390 g/mol. The van der Waals surface area contributed by atoms with Crippen LogP contribution < -0.4 is 21.3 Å². The molecule has 160 valence electrons. The third-order valence-corrected chi connectivity index (χ3v) is 5.20. The number of hydrogen-bond acceptors (Lipinski definition) is 2. The van der Waals surface area contributed by atoms with Crippen molar-refractivity contribution in [3.8, 4) is 0 Å². The Morgan fingerprint density at radius 2 is 1.13 bits per heavy atom. The maximum Gasteiger partial charge on any atom is 0.319 e. The minimum Gasteiger partial charge on any atom is -0.338 e. The molecule has 0 radical (unpaired) electrons. The van der Waals surface area contributed by atoms with Crippen LogP contribution in [0.2, 0.25) is 0 Å². The standard InChI is InChI=1S/C22H26F2N4O2/c23-17-4-8-19(9-5-17)27-21(29)25-13-15-2-1-3-16(12-15)14-26-22(30)28-20-10-6-18(24)7-11-20/h4-11,15-16H,1-3,12-14H2,(H2,25,27,29)(H2,26,28,30). The molecule has 4 amide bonds. The number of carbonyl (C=O) groups excluding carboxylic acids is 2. The molecule has 6 nitrogen and oxygen atoms in total. The summed E-state index contributed by atoms with van der Waals surface area (Å²) in [5.74, 6) is -0.0299. The normalized spacial score (nSPS) is 18.3. The molecule has 0 aromatic heterocycles. The molecule has 3 rings (SSSR count). The fourth-order valence-corrected chi connectivity index (χ4v) is 3.66. The average Bonchev–Trinajstić information content (AvgIpc) is 2.74. The van der Waals surface area contributed by atoms with Gasteiger partial charge in [0, 0.05) is 24.5 Å². The third-order valence-electron chi connectivity index (χ3n) is 5.20. The van der Waals surface area contributed by atoms with E-state index in [1.807, 2.05) is 0 Å². The Labute approximate surface area is 174 Å². The lowest BCUT2D eigenvalue weighted by molar-refractivity contribution is 0.230. The zero-order valence-electron chi connectivity index (χ0n) is 16.6. The van der Waals surface area contributed by atoms with E-state index in [0.717, 1.165) is 25.7 Å². The zero-order valence-corrected chi connectivity index (χ0v) is 16.6. The molecule has 0 bridgehead atoms. The van der Waals surface area contributed by atoms with Gasteiger partial charge in [0.15, 0.2) is 0 Å². The van der Waals surface area contributed by atoms with E-state index in [9.17, 15) is 18.4 Å². The van der Waals surface area contributed by atoms with Crippen LogP contribution in [0.1, 0.15) is 25.7 Å². The molecule has 2 aromatic rings. The van der Waals surface area contributed by atoms with Gasteiger partial charge >= 0.3 is 12.1 Å². The smallest absolute Gasteiger partial charge is 0.319 e. The lowest BCUT2D eigenvalue weighted by Crippen LogP contribution is -2.38. The summed E-state index contributed by atoms with van der Waals surface area (Å²) < 4.78 is 25.8. The van der Waals surface area contributed by atoms with Crippen LogP contribution in [0.3, 0.4) is 0 Å². The topological polar surface area (TPSA) is 82.3 Å². The van der Waals surface area contributed by atoms with Crippen molar-refractivity contribution in [1.82, 2.24) is 10.6 Å². The van der Waals surface area contributed by atoms with E-state index >= 15 is 0 Å². The number of carbonyl (C=O) groups is 2. The Kier molecular flexibility index (Phi) is 7.59. The highest BCUT2D eigenvalue weighted by atomic mass is 19.1. The van der Waals surface area contributed by atoms with Gasteiger partial charge in [0.25, 0.3) is 0 Å². The fraction of sp³-hybridized carbons (Fsp3) is 0.364. The van der Waals surface area contributed by atoms with Crippen molar-refractivity contribution in [2.45, 2.75) is 25.7 Å². The molecule has 0 aliphatic heterocycles. The molecule has 1 aliphatic carbocycles. The van der Waals surface area contributed by atoms with Crippen LogP contribution in [0, 0.1) is 23.5 Å². The number of benzene rings is 2. The van der Waals surface area contributed by atoms with Crippen LogP contribution in [-0.2, 0) is 0 Å². The highest BCUT2D eigenvalue weighted by molar-refractivity contribution is 5.89. The van der Waals surface area contributed by atoms with Crippen LogP contribution in [0.5, 0.6) is 0 Å².